The van der Waals surface area contributed by atoms with Crippen LogP contribution in [0.4, 0.5) is 24.5 Å². The van der Waals surface area contributed by atoms with Gasteiger partial charge in [0, 0.05) is 26.7 Å². The third-order valence-corrected chi connectivity index (χ3v) is 4.70. The molecule has 0 aromatic heterocycles. The fourth-order valence-corrected chi connectivity index (χ4v) is 3.28. The van der Waals surface area contributed by atoms with Gasteiger partial charge in [-0.3, -0.25) is 5.41 Å². The summed E-state index contributed by atoms with van der Waals surface area (Å²) in [5.41, 5.74) is 7.34. The Bertz CT molecular complexity index is 906. The van der Waals surface area contributed by atoms with Crippen molar-refractivity contribution in [3.05, 3.63) is 76.7 Å². The summed E-state index contributed by atoms with van der Waals surface area (Å²) in [5.74, 6) is 0. The minimum Gasteiger partial charge on any atom is -0.398 e. The summed E-state index contributed by atoms with van der Waals surface area (Å²) < 4.78 is 41.8. The Morgan fingerprint density at radius 2 is 1.96 bits per heavy atom. The van der Waals surface area contributed by atoms with Crippen molar-refractivity contribution in [2.75, 3.05) is 10.5 Å². The van der Waals surface area contributed by atoms with Crippen LogP contribution in [0.1, 0.15) is 16.7 Å². The van der Waals surface area contributed by atoms with Gasteiger partial charge in [0.15, 0.2) is 0 Å². The lowest BCUT2D eigenvalue weighted by Crippen LogP contribution is -2.06. The van der Waals surface area contributed by atoms with Crippen LogP contribution in [0.5, 0.6) is 0 Å². The number of nitrogens with two attached hydrogens (primary N) is 1. The van der Waals surface area contributed by atoms with Crippen LogP contribution >= 0.6 is 24.6 Å². The molecule has 4 N–H and O–H groups in total. The highest BCUT2D eigenvalue weighted by atomic mass is 32.2. The summed E-state index contributed by atoms with van der Waals surface area (Å²) in [4.78, 5) is 0.826. The largest absolute Gasteiger partial charge is 0.416 e. The molecule has 2 aromatic carbocycles. The second-order valence-corrected chi connectivity index (χ2v) is 7.06. The van der Waals surface area contributed by atoms with Crippen molar-refractivity contribution in [3.8, 4) is 0 Å². The average molecular weight is 410 g/mol. The van der Waals surface area contributed by atoms with Crippen molar-refractivity contribution in [2.24, 2.45) is 0 Å². The maximum atomic E-state index is 12.9. The molecule has 3 nitrogen and oxygen atoms in total. The standard InChI is InChI=1S/C19H18F3N3S2/c1-3-4-17(26)18(24)15-10-13(5-6-16(15)23)25-27-14-8-11(2)7-12(9-14)19(20,21)22/h3-10,24-26H,1,23H2,2H3/b17-4-,24-18?. The number of benzene rings is 2. The van der Waals surface area contributed by atoms with Gasteiger partial charge in [-0.1, -0.05) is 12.7 Å². The summed E-state index contributed by atoms with van der Waals surface area (Å²) in [6.45, 7) is 5.18. The van der Waals surface area contributed by atoms with Crippen molar-refractivity contribution in [1.29, 1.82) is 5.41 Å². The molecule has 0 radical (unpaired) electrons. The van der Waals surface area contributed by atoms with Gasteiger partial charge in [0.2, 0.25) is 0 Å². The second kappa shape index (κ2) is 8.58. The summed E-state index contributed by atoms with van der Waals surface area (Å²) in [7, 11) is 0. The molecule has 0 aliphatic rings. The van der Waals surface area contributed by atoms with E-state index in [9.17, 15) is 13.2 Å². The Hall–Kier alpha value is -2.32. The van der Waals surface area contributed by atoms with Gasteiger partial charge in [0.1, 0.15) is 0 Å². The third-order valence-electron chi connectivity index (χ3n) is 3.52. The Morgan fingerprint density at radius 3 is 2.59 bits per heavy atom. The van der Waals surface area contributed by atoms with E-state index in [-0.39, 0.29) is 5.71 Å². The van der Waals surface area contributed by atoms with Gasteiger partial charge in [-0.05, 0) is 66.9 Å². The van der Waals surface area contributed by atoms with E-state index in [1.165, 1.54) is 6.08 Å². The summed E-state index contributed by atoms with van der Waals surface area (Å²) in [6, 6.07) is 8.81. The Labute approximate surface area is 165 Å². The molecular formula is C19H18F3N3S2. The predicted octanol–water partition coefficient (Wildman–Crippen LogP) is 6.08. The van der Waals surface area contributed by atoms with E-state index in [2.05, 4.69) is 23.9 Å². The number of aryl methyl sites for hydroxylation is 1. The molecule has 0 heterocycles. The van der Waals surface area contributed by atoms with Crippen LogP contribution in [0, 0.1) is 12.3 Å². The molecule has 0 aliphatic heterocycles. The monoisotopic (exact) mass is 409 g/mol. The van der Waals surface area contributed by atoms with Crippen LogP contribution in [-0.2, 0) is 6.18 Å². The van der Waals surface area contributed by atoms with E-state index in [0.717, 1.165) is 24.1 Å². The van der Waals surface area contributed by atoms with E-state index in [0.29, 0.717) is 32.3 Å². The Kier molecular flexibility index (Phi) is 6.67. The quantitative estimate of drug-likeness (QED) is 0.154. The topological polar surface area (TPSA) is 61.9 Å². The predicted molar refractivity (Wildman–Crippen MR) is 111 cm³/mol. The number of nitrogen functional groups attached to an aromatic ring is 1. The summed E-state index contributed by atoms with van der Waals surface area (Å²) >= 11 is 5.29. The highest BCUT2D eigenvalue weighted by Gasteiger charge is 2.30. The maximum Gasteiger partial charge on any atom is 0.416 e. The Balaban J connectivity index is 2.23. The SMILES string of the molecule is C=C/C=C(\S)C(=N)c1cc(NSc2cc(C)cc(C(F)(F)F)c2)ccc1N. The summed E-state index contributed by atoms with van der Waals surface area (Å²) in [6.07, 6.45) is -1.31. The lowest BCUT2D eigenvalue weighted by atomic mass is 10.1. The number of rotatable bonds is 6. The number of hydrogen-bond donors (Lipinski definition) is 4. The minimum atomic E-state index is -4.40. The molecule has 142 valence electrons. The van der Waals surface area contributed by atoms with Crippen LogP contribution in [-0.4, -0.2) is 5.71 Å². The van der Waals surface area contributed by atoms with Crippen molar-refractivity contribution >= 4 is 41.7 Å². The van der Waals surface area contributed by atoms with Gasteiger partial charge in [-0.15, -0.1) is 12.6 Å². The zero-order valence-corrected chi connectivity index (χ0v) is 16.1. The first-order valence-electron chi connectivity index (χ1n) is 7.74. The Morgan fingerprint density at radius 1 is 1.26 bits per heavy atom. The van der Waals surface area contributed by atoms with Crippen LogP contribution in [0.15, 0.2) is 64.9 Å². The molecule has 0 saturated carbocycles. The molecule has 0 aliphatic carbocycles. The zero-order chi connectivity index (χ0) is 20.2. The smallest absolute Gasteiger partial charge is 0.398 e. The zero-order valence-electron chi connectivity index (χ0n) is 14.4. The first-order valence-corrected chi connectivity index (χ1v) is 9.00. The van der Waals surface area contributed by atoms with Crippen LogP contribution < -0.4 is 10.5 Å². The van der Waals surface area contributed by atoms with Crippen molar-refractivity contribution in [2.45, 2.75) is 18.0 Å². The lowest BCUT2D eigenvalue weighted by molar-refractivity contribution is -0.137. The highest BCUT2D eigenvalue weighted by molar-refractivity contribution is 8.00. The van der Waals surface area contributed by atoms with Crippen molar-refractivity contribution < 1.29 is 13.2 Å². The lowest BCUT2D eigenvalue weighted by Gasteiger charge is -2.13. The van der Waals surface area contributed by atoms with Gasteiger partial charge >= 0.3 is 6.18 Å². The van der Waals surface area contributed by atoms with E-state index in [1.807, 2.05) is 0 Å². The fraction of sp³-hybridized carbons (Fsp3) is 0.105. The fourth-order valence-electron chi connectivity index (χ4n) is 2.26. The molecular weight excluding hydrogens is 391 g/mol. The molecule has 2 aromatic rings. The molecule has 0 bridgehead atoms. The maximum absolute atomic E-state index is 12.9. The van der Waals surface area contributed by atoms with Gasteiger partial charge in [0.25, 0.3) is 0 Å². The number of allylic oxidation sites excluding steroid dienone is 3. The minimum absolute atomic E-state index is 0.124. The number of halogens is 3. The average Bonchev–Trinajstić information content (AvgIpc) is 2.59. The molecule has 0 saturated heterocycles. The van der Waals surface area contributed by atoms with Gasteiger partial charge in [-0.25, -0.2) is 0 Å². The number of nitrogens with one attached hydrogen (secondary N) is 2. The first kappa shape index (κ1) is 21.0. The molecule has 0 fully saturated rings. The third kappa shape index (κ3) is 5.58. The van der Waals surface area contributed by atoms with E-state index >= 15 is 0 Å². The van der Waals surface area contributed by atoms with Crippen LogP contribution in [0.2, 0.25) is 0 Å². The number of hydrogen-bond acceptors (Lipinski definition) is 5. The normalized spacial score (nSPS) is 12.0. The molecule has 2 rings (SSSR count). The number of anilines is 2. The number of thiol groups is 1. The molecule has 0 amide bonds. The van der Waals surface area contributed by atoms with E-state index in [1.54, 1.807) is 37.3 Å². The molecule has 8 heteroatoms. The van der Waals surface area contributed by atoms with Crippen LogP contribution in [0.25, 0.3) is 0 Å². The first-order chi connectivity index (χ1) is 12.6. The molecule has 0 unspecified atom stereocenters. The van der Waals surface area contributed by atoms with Crippen molar-refractivity contribution in [1.82, 2.24) is 0 Å². The summed E-state index contributed by atoms with van der Waals surface area (Å²) in [5, 5.41) is 8.17. The van der Waals surface area contributed by atoms with E-state index in [4.69, 9.17) is 11.1 Å². The van der Waals surface area contributed by atoms with Gasteiger partial charge < -0.3 is 10.5 Å². The molecule has 0 atom stereocenters. The molecule has 0 spiro atoms. The van der Waals surface area contributed by atoms with Gasteiger partial charge in [0.05, 0.1) is 11.3 Å². The van der Waals surface area contributed by atoms with E-state index < -0.39 is 11.7 Å². The molecule has 27 heavy (non-hydrogen) atoms. The second-order valence-electron chi connectivity index (χ2n) is 5.70. The highest BCUT2D eigenvalue weighted by Crippen LogP contribution is 2.33. The van der Waals surface area contributed by atoms with Gasteiger partial charge in [-0.2, -0.15) is 13.2 Å². The number of alkyl halides is 3. The van der Waals surface area contributed by atoms with Crippen LogP contribution in [0.3, 0.4) is 0 Å². The van der Waals surface area contributed by atoms with Crippen molar-refractivity contribution in [3.63, 3.8) is 0 Å².